The van der Waals surface area contributed by atoms with E-state index in [0.717, 1.165) is 15.8 Å². The minimum atomic E-state index is -3.57. The highest BCUT2D eigenvalue weighted by atomic mass is 32.2. The molecule has 0 bridgehead atoms. The van der Waals surface area contributed by atoms with Gasteiger partial charge < -0.3 is 0 Å². The maximum atomic E-state index is 13.3. The molecule has 1 amide bonds. The zero-order valence-electron chi connectivity index (χ0n) is 18.5. The van der Waals surface area contributed by atoms with Crippen LogP contribution in [-0.4, -0.2) is 30.0 Å². The molecule has 6 nitrogen and oxygen atoms in total. The van der Waals surface area contributed by atoms with Crippen LogP contribution < -0.4 is 4.90 Å². The quantitative estimate of drug-likeness (QED) is 0.346. The third-order valence-electron chi connectivity index (χ3n) is 5.33. The lowest BCUT2D eigenvalue weighted by molar-refractivity contribution is -0.118. The fourth-order valence-electron chi connectivity index (χ4n) is 3.56. The number of hydrogen-bond acceptors (Lipinski definition) is 6. The van der Waals surface area contributed by atoms with Crippen molar-refractivity contribution in [2.45, 2.75) is 37.6 Å². The van der Waals surface area contributed by atoms with Crippen molar-refractivity contribution < 1.29 is 13.2 Å². The summed E-state index contributed by atoms with van der Waals surface area (Å²) in [5, 5.41) is 0.547. The van der Waals surface area contributed by atoms with Gasteiger partial charge in [0.1, 0.15) is 0 Å². The fourth-order valence-corrected chi connectivity index (χ4v) is 5.83. The van der Waals surface area contributed by atoms with Gasteiger partial charge in [0.2, 0.25) is 5.91 Å². The molecule has 0 aliphatic rings. The number of thiazole rings is 1. The van der Waals surface area contributed by atoms with Crippen LogP contribution in [0.4, 0.5) is 5.13 Å². The third kappa shape index (κ3) is 5.29. The van der Waals surface area contributed by atoms with E-state index in [2.05, 4.69) is 18.8 Å². The van der Waals surface area contributed by atoms with E-state index in [1.165, 1.54) is 11.3 Å². The van der Waals surface area contributed by atoms with Gasteiger partial charge in [-0.15, -0.1) is 0 Å². The second-order valence-electron chi connectivity index (χ2n) is 8.03. The number of aromatic nitrogens is 2. The van der Waals surface area contributed by atoms with Gasteiger partial charge in [0.15, 0.2) is 15.0 Å². The summed E-state index contributed by atoms with van der Waals surface area (Å²) in [5.74, 6) is -0.276. The van der Waals surface area contributed by atoms with Gasteiger partial charge >= 0.3 is 0 Å². The molecule has 2 aromatic heterocycles. The highest BCUT2D eigenvalue weighted by Crippen LogP contribution is 2.34. The Morgan fingerprint density at radius 1 is 1.00 bits per heavy atom. The molecule has 8 heteroatoms. The number of sulfone groups is 1. The largest absolute Gasteiger partial charge is 0.282 e. The maximum Gasteiger partial charge on any atom is 0.230 e. The molecule has 0 aliphatic carbocycles. The molecule has 0 fully saturated rings. The number of nitrogens with zero attached hydrogens (tertiary/aromatic N) is 3. The van der Waals surface area contributed by atoms with Gasteiger partial charge in [0.05, 0.1) is 33.1 Å². The SMILES string of the molecule is CC(C)c1cccc2sc(N(Cc3ccccn3)C(=O)CCS(=O)(=O)c3ccccc3)nc12. The molecule has 0 saturated heterocycles. The Morgan fingerprint density at radius 3 is 2.45 bits per heavy atom. The van der Waals surface area contributed by atoms with Crippen molar-refractivity contribution in [2.24, 2.45) is 0 Å². The summed E-state index contributed by atoms with van der Waals surface area (Å²) in [6, 6.07) is 19.8. The first-order valence-electron chi connectivity index (χ1n) is 10.7. The minimum absolute atomic E-state index is 0.142. The number of hydrogen-bond donors (Lipinski definition) is 0. The second kappa shape index (κ2) is 9.80. The summed E-state index contributed by atoms with van der Waals surface area (Å²) in [7, 11) is -3.57. The van der Waals surface area contributed by atoms with Gasteiger partial charge in [-0.1, -0.05) is 61.6 Å². The van der Waals surface area contributed by atoms with Gasteiger partial charge in [-0.05, 0) is 41.8 Å². The number of pyridine rings is 1. The molecule has 0 atom stereocenters. The Kier molecular flexibility index (Phi) is 6.85. The Balaban J connectivity index is 1.65. The van der Waals surface area contributed by atoms with Crippen molar-refractivity contribution in [3.8, 4) is 0 Å². The van der Waals surface area contributed by atoms with Gasteiger partial charge in [-0.3, -0.25) is 14.7 Å². The molecule has 33 heavy (non-hydrogen) atoms. The summed E-state index contributed by atoms with van der Waals surface area (Å²) in [6.07, 6.45) is 1.53. The van der Waals surface area contributed by atoms with Gasteiger partial charge in [-0.2, -0.15) is 0 Å². The van der Waals surface area contributed by atoms with E-state index in [9.17, 15) is 13.2 Å². The Labute approximate surface area is 197 Å². The minimum Gasteiger partial charge on any atom is -0.282 e. The van der Waals surface area contributed by atoms with Crippen LogP contribution in [0.3, 0.4) is 0 Å². The number of para-hydroxylation sites is 1. The average Bonchev–Trinajstić information content (AvgIpc) is 3.26. The molecule has 0 aliphatic heterocycles. The van der Waals surface area contributed by atoms with E-state index < -0.39 is 9.84 Å². The lowest BCUT2D eigenvalue weighted by atomic mass is 10.0. The highest BCUT2D eigenvalue weighted by molar-refractivity contribution is 7.91. The molecule has 0 radical (unpaired) electrons. The lowest BCUT2D eigenvalue weighted by Gasteiger charge is -2.19. The van der Waals surface area contributed by atoms with E-state index >= 15 is 0 Å². The molecule has 2 heterocycles. The second-order valence-corrected chi connectivity index (χ2v) is 11.1. The van der Waals surface area contributed by atoms with Crippen LogP contribution in [0.2, 0.25) is 0 Å². The smallest absolute Gasteiger partial charge is 0.230 e. The van der Waals surface area contributed by atoms with E-state index in [1.54, 1.807) is 41.4 Å². The monoisotopic (exact) mass is 479 g/mol. The van der Waals surface area contributed by atoms with Crippen molar-refractivity contribution in [1.29, 1.82) is 0 Å². The van der Waals surface area contributed by atoms with Crippen molar-refractivity contribution in [1.82, 2.24) is 9.97 Å². The lowest BCUT2D eigenvalue weighted by Crippen LogP contribution is -2.32. The van der Waals surface area contributed by atoms with Gasteiger partial charge in [0.25, 0.3) is 0 Å². The first-order valence-corrected chi connectivity index (χ1v) is 13.2. The number of carbonyl (C=O) groups is 1. The number of fused-ring (bicyclic) bond motifs is 1. The number of rotatable bonds is 8. The van der Waals surface area contributed by atoms with Gasteiger partial charge in [-0.25, -0.2) is 13.4 Å². The Bertz CT molecular complexity index is 1350. The fraction of sp³-hybridized carbons (Fsp3) is 0.240. The summed E-state index contributed by atoms with van der Waals surface area (Å²) in [4.78, 5) is 24.2. The van der Waals surface area contributed by atoms with Crippen molar-refractivity contribution in [3.05, 3.63) is 84.2 Å². The molecule has 2 aromatic carbocycles. The predicted octanol–water partition coefficient (Wildman–Crippen LogP) is 5.21. The van der Waals surface area contributed by atoms with Gasteiger partial charge in [0, 0.05) is 12.6 Å². The molecule has 4 rings (SSSR count). The molecule has 0 saturated carbocycles. The van der Waals surface area contributed by atoms with Crippen LogP contribution in [0.1, 0.15) is 37.4 Å². The van der Waals surface area contributed by atoms with Crippen LogP contribution in [-0.2, 0) is 21.2 Å². The van der Waals surface area contributed by atoms with E-state index in [0.29, 0.717) is 16.7 Å². The van der Waals surface area contributed by atoms with Crippen LogP contribution in [0.5, 0.6) is 0 Å². The molecule has 0 N–H and O–H groups in total. The number of carbonyl (C=O) groups excluding carboxylic acids is 1. The van der Waals surface area contributed by atoms with E-state index in [1.807, 2.05) is 36.4 Å². The van der Waals surface area contributed by atoms with Crippen molar-refractivity contribution in [2.75, 3.05) is 10.7 Å². The first-order chi connectivity index (χ1) is 15.8. The number of benzene rings is 2. The van der Waals surface area contributed by atoms with Crippen LogP contribution >= 0.6 is 11.3 Å². The van der Waals surface area contributed by atoms with Crippen LogP contribution in [0, 0.1) is 0 Å². The molecule has 0 unspecified atom stereocenters. The number of anilines is 1. The topological polar surface area (TPSA) is 80.2 Å². The third-order valence-corrected chi connectivity index (χ3v) is 8.10. The molecular formula is C25H25N3O3S2. The van der Waals surface area contributed by atoms with E-state index in [-0.39, 0.29) is 29.5 Å². The maximum absolute atomic E-state index is 13.3. The predicted molar refractivity (Wildman–Crippen MR) is 132 cm³/mol. The summed E-state index contributed by atoms with van der Waals surface area (Å²) in [6.45, 7) is 4.44. The standard InChI is InChI=1S/C25H25N3O3S2/c1-18(2)21-12-8-13-22-24(21)27-25(32-22)28(17-19-9-6-7-15-26-19)23(29)14-16-33(30,31)20-10-4-3-5-11-20/h3-13,15,18H,14,16-17H2,1-2H3. The summed E-state index contributed by atoms with van der Waals surface area (Å²) >= 11 is 1.43. The normalized spacial score (nSPS) is 11.7. The molecular weight excluding hydrogens is 454 g/mol. The first kappa shape index (κ1) is 23.1. The molecule has 170 valence electrons. The molecule has 4 aromatic rings. The average molecular weight is 480 g/mol. The van der Waals surface area contributed by atoms with Crippen LogP contribution in [0.15, 0.2) is 77.8 Å². The van der Waals surface area contributed by atoms with Crippen molar-refractivity contribution >= 4 is 42.4 Å². The number of amides is 1. The summed E-state index contributed by atoms with van der Waals surface area (Å²) < 4.78 is 26.4. The highest BCUT2D eigenvalue weighted by Gasteiger charge is 2.24. The van der Waals surface area contributed by atoms with Crippen LogP contribution in [0.25, 0.3) is 10.2 Å². The molecule has 0 spiro atoms. The zero-order valence-corrected chi connectivity index (χ0v) is 20.1. The Morgan fingerprint density at radius 2 is 1.76 bits per heavy atom. The Hall–Kier alpha value is -3.10. The zero-order chi connectivity index (χ0) is 23.4. The summed E-state index contributed by atoms with van der Waals surface area (Å²) in [5.41, 5.74) is 2.70. The van der Waals surface area contributed by atoms with Crippen molar-refractivity contribution in [3.63, 3.8) is 0 Å². The van der Waals surface area contributed by atoms with E-state index in [4.69, 9.17) is 4.98 Å².